The van der Waals surface area contributed by atoms with Crippen LogP contribution in [0, 0.1) is 0 Å². The predicted octanol–water partition coefficient (Wildman–Crippen LogP) is 3.76. The Morgan fingerprint density at radius 3 is 2.22 bits per heavy atom. The van der Waals surface area contributed by atoms with Crippen LogP contribution in [0.3, 0.4) is 0 Å². The molecule has 0 radical (unpaired) electrons. The van der Waals surface area contributed by atoms with Gasteiger partial charge in [-0.1, -0.05) is 29.4 Å². The van der Waals surface area contributed by atoms with E-state index in [0.717, 1.165) is 31.3 Å². The second kappa shape index (κ2) is 10.1. The highest BCUT2D eigenvalue weighted by molar-refractivity contribution is 5.07. The molecule has 2 N–H and O–H groups in total. The van der Waals surface area contributed by atoms with Gasteiger partial charge < -0.3 is 10.2 Å². The first kappa shape index (κ1) is 17.1. The van der Waals surface area contributed by atoms with Gasteiger partial charge in [0.15, 0.2) is 0 Å². The first-order chi connectivity index (χ1) is 8.51. The van der Waals surface area contributed by atoms with Crippen molar-refractivity contribution in [2.24, 2.45) is 0 Å². The molecule has 0 bridgehead atoms. The van der Waals surface area contributed by atoms with Gasteiger partial charge in [-0.25, -0.2) is 0 Å². The summed E-state index contributed by atoms with van der Waals surface area (Å²) in [6, 6.07) is 0. The van der Waals surface area contributed by atoms with E-state index in [1.165, 1.54) is 11.1 Å². The van der Waals surface area contributed by atoms with E-state index in [1.54, 1.807) is 0 Å². The summed E-state index contributed by atoms with van der Waals surface area (Å²) in [6.07, 6.45) is 9.47. The maximum Gasteiger partial charge on any atom is 0.0750 e. The molecule has 0 aliphatic carbocycles. The van der Waals surface area contributed by atoms with Crippen LogP contribution in [0.15, 0.2) is 34.9 Å². The highest BCUT2D eigenvalue weighted by Gasteiger charge is 2.05. The molecule has 0 saturated carbocycles. The largest absolute Gasteiger partial charge is 0.392 e. The number of allylic oxidation sites excluding steroid dienone is 4. The fourth-order valence-corrected chi connectivity index (χ4v) is 1.69. The van der Waals surface area contributed by atoms with Crippen molar-refractivity contribution in [3.05, 3.63) is 34.9 Å². The Hall–Kier alpha value is -0.860. The predicted molar refractivity (Wildman–Crippen MR) is 78.5 cm³/mol. The van der Waals surface area contributed by atoms with E-state index in [1.807, 2.05) is 32.9 Å². The third-order valence-electron chi connectivity index (χ3n) is 3.26. The topological polar surface area (TPSA) is 40.5 Å². The summed E-state index contributed by atoms with van der Waals surface area (Å²) in [6.45, 7) is 8.20. The van der Waals surface area contributed by atoms with Crippen molar-refractivity contribution in [1.29, 1.82) is 0 Å². The number of hydrogen-bond acceptors (Lipinski definition) is 2. The van der Waals surface area contributed by atoms with Gasteiger partial charge in [-0.15, -0.1) is 0 Å². The standard InChI is InChI=1S/C16H28O2/c1-5-15(4)16(18)10-9-13(2)7-6-8-14(3)11-12-17/h5,7,11,16-18H,6,8-10,12H2,1-4H3. The zero-order chi connectivity index (χ0) is 14.0. The number of aliphatic hydroxyl groups is 2. The molecule has 0 aliphatic heterocycles. The summed E-state index contributed by atoms with van der Waals surface area (Å²) >= 11 is 0. The summed E-state index contributed by atoms with van der Waals surface area (Å²) in [5.41, 5.74) is 3.60. The van der Waals surface area contributed by atoms with Crippen molar-refractivity contribution in [3.8, 4) is 0 Å². The van der Waals surface area contributed by atoms with Crippen molar-refractivity contribution in [3.63, 3.8) is 0 Å². The molecule has 0 heterocycles. The van der Waals surface area contributed by atoms with E-state index >= 15 is 0 Å². The molecule has 0 spiro atoms. The molecule has 2 heteroatoms. The lowest BCUT2D eigenvalue weighted by Crippen LogP contribution is -2.07. The zero-order valence-corrected chi connectivity index (χ0v) is 12.2. The molecule has 1 atom stereocenters. The lowest BCUT2D eigenvalue weighted by Gasteiger charge is -2.11. The SMILES string of the molecule is CC=C(C)C(O)CCC(C)=CCCC(C)=CCO. The molecule has 0 aromatic carbocycles. The molecule has 1 unspecified atom stereocenters. The lowest BCUT2D eigenvalue weighted by atomic mass is 10.0. The Kier molecular flexibility index (Phi) is 9.62. The second-order valence-corrected chi connectivity index (χ2v) is 4.91. The molecule has 104 valence electrons. The third kappa shape index (κ3) is 8.26. The van der Waals surface area contributed by atoms with Gasteiger partial charge >= 0.3 is 0 Å². The van der Waals surface area contributed by atoms with E-state index in [9.17, 15) is 5.11 Å². The third-order valence-corrected chi connectivity index (χ3v) is 3.26. The maximum atomic E-state index is 9.82. The molecule has 0 rings (SSSR count). The van der Waals surface area contributed by atoms with Crippen LogP contribution < -0.4 is 0 Å². The van der Waals surface area contributed by atoms with Crippen molar-refractivity contribution in [2.75, 3.05) is 6.61 Å². The van der Waals surface area contributed by atoms with Crippen LogP contribution in [0.25, 0.3) is 0 Å². The van der Waals surface area contributed by atoms with Gasteiger partial charge in [-0.2, -0.15) is 0 Å². The van der Waals surface area contributed by atoms with Gasteiger partial charge in [-0.3, -0.25) is 0 Å². The summed E-state index contributed by atoms with van der Waals surface area (Å²) in [5.74, 6) is 0. The molecule has 0 aromatic rings. The van der Waals surface area contributed by atoms with E-state index in [0.29, 0.717) is 0 Å². The van der Waals surface area contributed by atoms with E-state index in [-0.39, 0.29) is 12.7 Å². The molecule has 18 heavy (non-hydrogen) atoms. The van der Waals surface area contributed by atoms with Gasteiger partial charge in [0.1, 0.15) is 0 Å². The van der Waals surface area contributed by atoms with E-state index in [2.05, 4.69) is 13.0 Å². The Morgan fingerprint density at radius 1 is 1.06 bits per heavy atom. The Bertz CT molecular complexity index is 311. The van der Waals surface area contributed by atoms with Gasteiger partial charge in [0.25, 0.3) is 0 Å². The molecular formula is C16H28O2. The van der Waals surface area contributed by atoms with Gasteiger partial charge in [-0.05, 0) is 59.0 Å². The molecule has 0 fully saturated rings. The van der Waals surface area contributed by atoms with Crippen LogP contribution in [-0.2, 0) is 0 Å². The Balaban J connectivity index is 3.95. The number of hydrogen-bond donors (Lipinski definition) is 2. The Labute approximate surface area is 112 Å². The quantitative estimate of drug-likeness (QED) is 0.646. The molecule has 0 aliphatic rings. The minimum atomic E-state index is -0.311. The first-order valence-corrected chi connectivity index (χ1v) is 6.74. The van der Waals surface area contributed by atoms with Gasteiger partial charge in [0, 0.05) is 0 Å². The second-order valence-electron chi connectivity index (χ2n) is 4.91. The monoisotopic (exact) mass is 252 g/mol. The normalized spacial score (nSPS) is 16.0. The average Bonchev–Trinajstić information content (AvgIpc) is 2.35. The van der Waals surface area contributed by atoms with Crippen LogP contribution in [0.2, 0.25) is 0 Å². The van der Waals surface area contributed by atoms with Crippen LogP contribution in [-0.4, -0.2) is 22.9 Å². The highest BCUT2D eigenvalue weighted by atomic mass is 16.3. The van der Waals surface area contributed by atoms with Crippen LogP contribution in [0.1, 0.15) is 53.4 Å². The van der Waals surface area contributed by atoms with Crippen molar-refractivity contribution >= 4 is 0 Å². The molecule has 0 aromatic heterocycles. The van der Waals surface area contributed by atoms with Crippen molar-refractivity contribution < 1.29 is 10.2 Å². The van der Waals surface area contributed by atoms with E-state index < -0.39 is 0 Å². The highest BCUT2D eigenvalue weighted by Crippen LogP contribution is 2.14. The maximum absolute atomic E-state index is 9.82. The minimum Gasteiger partial charge on any atom is -0.392 e. The number of rotatable bonds is 8. The van der Waals surface area contributed by atoms with Gasteiger partial charge in [0.05, 0.1) is 12.7 Å². The fourth-order valence-electron chi connectivity index (χ4n) is 1.69. The molecule has 2 nitrogen and oxygen atoms in total. The minimum absolute atomic E-state index is 0.128. The molecular weight excluding hydrogens is 224 g/mol. The molecule has 0 amide bonds. The van der Waals surface area contributed by atoms with Crippen LogP contribution in [0.4, 0.5) is 0 Å². The van der Waals surface area contributed by atoms with Crippen molar-refractivity contribution in [1.82, 2.24) is 0 Å². The first-order valence-electron chi connectivity index (χ1n) is 6.74. The van der Waals surface area contributed by atoms with Crippen LogP contribution >= 0.6 is 0 Å². The summed E-state index contributed by atoms with van der Waals surface area (Å²) < 4.78 is 0. The summed E-state index contributed by atoms with van der Waals surface area (Å²) in [4.78, 5) is 0. The Morgan fingerprint density at radius 2 is 1.67 bits per heavy atom. The zero-order valence-electron chi connectivity index (χ0n) is 12.2. The average molecular weight is 252 g/mol. The smallest absolute Gasteiger partial charge is 0.0750 e. The fraction of sp³-hybridized carbons (Fsp3) is 0.625. The summed E-state index contributed by atoms with van der Waals surface area (Å²) in [7, 11) is 0. The van der Waals surface area contributed by atoms with E-state index in [4.69, 9.17) is 5.11 Å². The van der Waals surface area contributed by atoms with Crippen LogP contribution in [0.5, 0.6) is 0 Å². The molecule has 0 saturated heterocycles. The lowest BCUT2D eigenvalue weighted by molar-refractivity contribution is 0.200. The van der Waals surface area contributed by atoms with Gasteiger partial charge in [0.2, 0.25) is 0 Å². The summed E-state index contributed by atoms with van der Waals surface area (Å²) in [5, 5.41) is 18.6. The van der Waals surface area contributed by atoms with Crippen molar-refractivity contribution in [2.45, 2.75) is 59.5 Å². The number of aliphatic hydroxyl groups excluding tert-OH is 2.